The highest BCUT2D eigenvalue weighted by Gasteiger charge is 2.10. The Kier molecular flexibility index (Phi) is 2.59. The van der Waals surface area contributed by atoms with Gasteiger partial charge in [-0.25, -0.2) is 9.50 Å². The SMILES string of the molecule is COc1cccc(-c2nc3c(N)c(C)ccn3n2)c1. The van der Waals surface area contributed by atoms with Crippen LogP contribution < -0.4 is 10.5 Å². The van der Waals surface area contributed by atoms with E-state index in [0.717, 1.165) is 16.9 Å². The molecule has 2 N–H and O–H groups in total. The van der Waals surface area contributed by atoms with E-state index in [1.165, 1.54) is 0 Å². The number of ether oxygens (including phenoxy) is 1. The van der Waals surface area contributed by atoms with Crippen LogP contribution in [0.3, 0.4) is 0 Å². The number of rotatable bonds is 2. The molecule has 0 radical (unpaired) electrons. The van der Waals surface area contributed by atoms with Gasteiger partial charge in [-0.3, -0.25) is 0 Å². The number of anilines is 1. The molecule has 0 spiro atoms. The monoisotopic (exact) mass is 254 g/mol. The second-order valence-electron chi connectivity index (χ2n) is 4.35. The van der Waals surface area contributed by atoms with E-state index in [1.807, 2.05) is 43.5 Å². The molecule has 3 aromatic rings. The van der Waals surface area contributed by atoms with Gasteiger partial charge in [0.2, 0.25) is 0 Å². The third kappa shape index (κ3) is 1.89. The summed E-state index contributed by atoms with van der Waals surface area (Å²) in [5, 5.41) is 4.43. The van der Waals surface area contributed by atoms with Crippen LogP contribution in [-0.4, -0.2) is 21.7 Å². The smallest absolute Gasteiger partial charge is 0.182 e. The van der Waals surface area contributed by atoms with Crippen LogP contribution in [0.25, 0.3) is 17.0 Å². The van der Waals surface area contributed by atoms with Crippen LogP contribution in [0.5, 0.6) is 5.75 Å². The van der Waals surface area contributed by atoms with Crippen LogP contribution in [0, 0.1) is 6.92 Å². The van der Waals surface area contributed by atoms with Crippen molar-refractivity contribution < 1.29 is 4.74 Å². The summed E-state index contributed by atoms with van der Waals surface area (Å²) in [6.07, 6.45) is 1.86. The van der Waals surface area contributed by atoms with Crippen molar-refractivity contribution in [1.82, 2.24) is 14.6 Å². The van der Waals surface area contributed by atoms with E-state index in [4.69, 9.17) is 10.5 Å². The summed E-state index contributed by atoms with van der Waals surface area (Å²) in [5.41, 5.74) is 9.25. The number of hydrogen-bond acceptors (Lipinski definition) is 4. The van der Waals surface area contributed by atoms with Crippen molar-refractivity contribution in [3.63, 3.8) is 0 Å². The third-order valence-electron chi connectivity index (χ3n) is 3.09. The topological polar surface area (TPSA) is 65.4 Å². The molecule has 5 heteroatoms. The summed E-state index contributed by atoms with van der Waals surface area (Å²) in [6, 6.07) is 9.57. The van der Waals surface area contributed by atoms with Gasteiger partial charge in [-0.1, -0.05) is 12.1 Å². The van der Waals surface area contributed by atoms with Gasteiger partial charge in [0.1, 0.15) is 5.75 Å². The van der Waals surface area contributed by atoms with Crippen molar-refractivity contribution in [1.29, 1.82) is 0 Å². The average molecular weight is 254 g/mol. The maximum Gasteiger partial charge on any atom is 0.182 e. The highest BCUT2D eigenvalue weighted by molar-refractivity contribution is 5.71. The molecule has 0 saturated heterocycles. The van der Waals surface area contributed by atoms with Crippen LogP contribution in [0.1, 0.15) is 5.56 Å². The molecule has 0 bridgehead atoms. The minimum Gasteiger partial charge on any atom is -0.497 e. The maximum absolute atomic E-state index is 6.02. The molecule has 0 aliphatic rings. The molecule has 0 saturated carbocycles. The molecular weight excluding hydrogens is 240 g/mol. The molecule has 0 unspecified atom stereocenters. The zero-order chi connectivity index (χ0) is 13.4. The van der Waals surface area contributed by atoms with E-state index in [0.29, 0.717) is 17.2 Å². The van der Waals surface area contributed by atoms with Crippen LogP contribution in [0.4, 0.5) is 5.69 Å². The van der Waals surface area contributed by atoms with E-state index < -0.39 is 0 Å². The highest BCUT2D eigenvalue weighted by Crippen LogP contribution is 2.23. The van der Waals surface area contributed by atoms with Gasteiger partial charge in [-0.05, 0) is 30.7 Å². The van der Waals surface area contributed by atoms with E-state index >= 15 is 0 Å². The summed E-state index contributed by atoms with van der Waals surface area (Å²) in [6.45, 7) is 1.95. The Balaban J connectivity index is 2.17. The summed E-state index contributed by atoms with van der Waals surface area (Å²) in [4.78, 5) is 4.49. The lowest BCUT2D eigenvalue weighted by atomic mass is 10.2. The lowest BCUT2D eigenvalue weighted by Crippen LogP contribution is -1.96. The zero-order valence-electron chi connectivity index (χ0n) is 10.8. The molecule has 5 nitrogen and oxygen atoms in total. The first kappa shape index (κ1) is 11.5. The summed E-state index contributed by atoms with van der Waals surface area (Å²) >= 11 is 0. The predicted molar refractivity (Wildman–Crippen MR) is 74.1 cm³/mol. The number of nitrogen functional groups attached to an aromatic ring is 1. The van der Waals surface area contributed by atoms with Crippen molar-refractivity contribution >= 4 is 11.3 Å². The first-order chi connectivity index (χ1) is 9.19. The molecule has 1 aromatic carbocycles. The number of nitrogens with two attached hydrogens (primary N) is 1. The van der Waals surface area contributed by atoms with Crippen molar-refractivity contribution in [2.45, 2.75) is 6.92 Å². The summed E-state index contributed by atoms with van der Waals surface area (Å²) in [5.74, 6) is 1.41. The minimum atomic E-state index is 0.635. The van der Waals surface area contributed by atoms with E-state index in [-0.39, 0.29) is 0 Å². The van der Waals surface area contributed by atoms with Crippen LogP contribution in [0.2, 0.25) is 0 Å². The highest BCUT2D eigenvalue weighted by atomic mass is 16.5. The molecule has 0 aliphatic carbocycles. The quantitative estimate of drug-likeness (QED) is 0.762. The van der Waals surface area contributed by atoms with Crippen molar-refractivity contribution in [2.24, 2.45) is 0 Å². The largest absolute Gasteiger partial charge is 0.497 e. The molecule has 3 rings (SSSR count). The Morgan fingerprint density at radius 2 is 2.11 bits per heavy atom. The van der Waals surface area contributed by atoms with E-state index in [2.05, 4.69) is 10.1 Å². The molecule has 0 aliphatic heterocycles. The van der Waals surface area contributed by atoms with Crippen LogP contribution in [0.15, 0.2) is 36.5 Å². The second-order valence-corrected chi connectivity index (χ2v) is 4.35. The van der Waals surface area contributed by atoms with Gasteiger partial charge in [-0.2, -0.15) is 0 Å². The molecule has 0 atom stereocenters. The van der Waals surface area contributed by atoms with E-state index in [1.54, 1.807) is 11.6 Å². The van der Waals surface area contributed by atoms with Gasteiger partial charge >= 0.3 is 0 Å². The van der Waals surface area contributed by atoms with Gasteiger partial charge in [0, 0.05) is 11.8 Å². The van der Waals surface area contributed by atoms with Crippen molar-refractivity contribution in [3.05, 3.63) is 42.1 Å². The number of methoxy groups -OCH3 is 1. The number of nitrogens with zero attached hydrogens (tertiary/aromatic N) is 3. The first-order valence-corrected chi connectivity index (χ1v) is 5.95. The Labute approximate surface area is 110 Å². The van der Waals surface area contributed by atoms with Crippen molar-refractivity contribution in [3.8, 4) is 17.1 Å². The lowest BCUT2D eigenvalue weighted by molar-refractivity contribution is 0.415. The number of aryl methyl sites for hydroxylation is 1. The molecule has 2 aromatic heterocycles. The van der Waals surface area contributed by atoms with Gasteiger partial charge in [0.05, 0.1) is 12.8 Å². The van der Waals surface area contributed by atoms with E-state index in [9.17, 15) is 0 Å². The van der Waals surface area contributed by atoms with Gasteiger partial charge < -0.3 is 10.5 Å². The lowest BCUT2D eigenvalue weighted by Gasteiger charge is -2.00. The number of hydrogen-bond donors (Lipinski definition) is 1. The first-order valence-electron chi connectivity index (χ1n) is 5.95. The minimum absolute atomic E-state index is 0.635. The fourth-order valence-corrected chi connectivity index (χ4v) is 1.94. The normalized spacial score (nSPS) is 10.8. The molecule has 2 heterocycles. The molecule has 96 valence electrons. The Bertz CT molecular complexity index is 748. The number of fused-ring (bicyclic) bond motifs is 1. The van der Waals surface area contributed by atoms with Gasteiger partial charge in [-0.15, -0.1) is 5.10 Å². The zero-order valence-corrected chi connectivity index (χ0v) is 10.8. The fourth-order valence-electron chi connectivity index (χ4n) is 1.94. The number of aromatic nitrogens is 3. The van der Waals surface area contributed by atoms with Crippen molar-refractivity contribution in [2.75, 3.05) is 12.8 Å². The summed E-state index contributed by atoms with van der Waals surface area (Å²) < 4.78 is 6.90. The number of pyridine rings is 1. The van der Waals surface area contributed by atoms with Crippen LogP contribution >= 0.6 is 0 Å². The Morgan fingerprint density at radius 3 is 2.89 bits per heavy atom. The summed E-state index contributed by atoms with van der Waals surface area (Å²) in [7, 11) is 1.64. The predicted octanol–water partition coefficient (Wildman–Crippen LogP) is 2.30. The average Bonchev–Trinajstić information content (AvgIpc) is 2.88. The van der Waals surface area contributed by atoms with Gasteiger partial charge in [0.25, 0.3) is 0 Å². The fraction of sp³-hybridized carbons (Fsp3) is 0.143. The molecule has 0 amide bonds. The Hall–Kier alpha value is -2.56. The standard InChI is InChI=1S/C14H14N4O/c1-9-6-7-18-14(12(9)15)16-13(17-18)10-4-3-5-11(8-10)19-2/h3-8H,15H2,1-2H3. The Morgan fingerprint density at radius 1 is 1.26 bits per heavy atom. The molecule has 0 fully saturated rings. The molecule has 19 heavy (non-hydrogen) atoms. The molecular formula is C14H14N4O. The third-order valence-corrected chi connectivity index (χ3v) is 3.09. The van der Waals surface area contributed by atoms with Crippen LogP contribution in [-0.2, 0) is 0 Å². The number of benzene rings is 1. The maximum atomic E-state index is 6.02. The second kappa shape index (κ2) is 4.28. The van der Waals surface area contributed by atoms with Gasteiger partial charge in [0.15, 0.2) is 11.5 Å².